The van der Waals surface area contributed by atoms with Crippen molar-refractivity contribution in [2.75, 3.05) is 0 Å². The molecule has 0 amide bonds. The van der Waals surface area contributed by atoms with E-state index in [2.05, 4.69) is 15.0 Å². The molecule has 32 heavy (non-hydrogen) atoms. The molecule has 4 aromatic rings. The van der Waals surface area contributed by atoms with Crippen molar-refractivity contribution in [2.24, 2.45) is 0 Å². The van der Waals surface area contributed by atoms with Gasteiger partial charge in [0.05, 0.1) is 21.8 Å². The van der Waals surface area contributed by atoms with Crippen molar-refractivity contribution in [1.82, 2.24) is 15.0 Å². The second kappa shape index (κ2) is 7.94. The largest absolute Gasteiger partial charge is 0.416 e. The van der Waals surface area contributed by atoms with Gasteiger partial charge in [0.15, 0.2) is 5.78 Å². The Morgan fingerprint density at radius 1 is 0.938 bits per heavy atom. The second-order valence-electron chi connectivity index (χ2n) is 7.54. The number of benzene rings is 1. The van der Waals surface area contributed by atoms with Crippen molar-refractivity contribution in [1.29, 1.82) is 0 Å². The maximum Gasteiger partial charge on any atom is 0.416 e. The van der Waals surface area contributed by atoms with E-state index < -0.39 is 11.7 Å². The van der Waals surface area contributed by atoms with Crippen molar-refractivity contribution in [3.05, 3.63) is 77.9 Å². The molecule has 0 radical (unpaired) electrons. The van der Waals surface area contributed by atoms with E-state index in [0.29, 0.717) is 44.3 Å². The van der Waals surface area contributed by atoms with Gasteiger partial charge in [0.25, 0.3) is 0 Å². The second-order valence-corrected chi connectivity index (χ2v) is 8.57. The van der Waals surface area contributed by atoms with E-state index in [4.69, 9.17) is 0 Å². The van der Waals surface area contributed by atoms with Crippen LogP contribution in [0.4, 0.5) is 13.2 Å². The number of nitrogens with zero attached hydrogens (tertiary/aromatic N) is 3. The lowest BCUT2D eigenvalue weighted by atomic mass is 9.94. The number of aromatic nitrogens is 3. The first-order chi connectivity index (χ1) is 15.4. The summed E-state index contributed by atoms with van der Waals surface area (Å²) in [6, 6.07) is 10.9. The lowest BCUT2D eigenvalue weighted by Crippen LogP contribution is -2.12. The highest BCUT2D eigenvalue weighted by Crippen LogP contribution is 2.39. The molecule has 160 valence electrons. The first-order valence-corrected chi connectivity index (χ1v) is 10.8. The number of thiazole rings is 1. The van der Waals surface area contributed by atoms with E-state index in [9.17, 15) is 18.0 Å². The number of carbonyl (C=O) groups is 1. The topological polar surface area (TPSA) is 55.7 Å². The Hall–Kier alpha value is -3.39. The molecule has 0 saturated carbocycles. The molecule has 4 nitrogen and oxygen atoms in total. The Morgan fingerprint density at radius 2 is 1.78 bits per heavy atom. The van der Waals surface area contributed by atoms with E-state index in [-0.39, 0.29) is 5.78 Å². The van der Waals surface area contributed by atoms with Crippen LogP contribution in [0, 0.1) is 0 Å². The third-order valence-corrected chi connectivity index (χ3v) is 6.43. The average molecular weight is 451 g/mol. The minimum Gasteiger partial charge on any atom is -0.294 e. The summed E-state index contributed by atoms with van der Waals surface area (Å²) in [6.07, 6.45) is 2.23. The van der Waals surface area contributed by atoms with Gasteiger partial charge in [0.2, 0.25) is 0 Å². The third kappa shape index (κ3) is 3.93. The van der Waals surface area contributed by atoms with Gasteiger partial charge in [-0.2, -0.15) is 13.2 Å². The van der Waals surface area contributed by atoms with Crippen LogP contribution in [0.3, 0.4) is 0 Å². The number of alkyl halides is 3. The molecule has 0 fully saturated rings. The Morgan fingerprint density at radius 3 is 2.56 bits per heavy atom. The SMILES string of the molecule is O=C1CCCc2nc(-c3ncc(-c4cc(-c5cccnc5)cc(C(F)(F)F)c4)s3)ccc21. The summed E-state index contributed by atoms with van der Waals surface area (Å²) in [4.78, 5) is 25.7. The van der Waals surface area contributed by atoms with Gasteiger partial charge in [-0.05, 0) is 60.4 Å². The molecule has 1 aliphatic carbocycles. The van der Waals surface area contributed by atoms with Crippen LogP contribution in [0.15, 0.2) is 61.1 Å². The van der Waals surface area contributed by atoms with Crippen molar-refractivity contribution < 1.29 is 18.0 Å². The first kappa shape index (κ1) is 20.5. The summed E-state index contributed by atoms with van der Waals surface area (Å²) in [5.74, 6) is 0.0945. The number of aryl methyl sites for hydroxylation is 1. The highest BCUT2D eigenvalue weighted by Gasteiger charge is 2.31. The average Bonchev–Trinajstić information content (AvgIpc) is 3.29. The van der Waals surface area contributed by atoms with E-state index in [1.165, 1.54) is 17.5 Å². The number of rotatable bonds is 3. The molecule has 3 heterocycles. The summed E-state index contributed by atoms with van der Waals surface area (Å²) in [5, 5.41) is 0.598. The molecule has 0 saturated heterocycles. The van der Waals surface area contributed by atoms with Crippen LogP contribution >= 0.6 is 11.3 Å². The van der Waals surface area contributed by atoms with Gasteiger partial charge in [-0.25, -0.2) is 9.97 Å². The molecule has 1 aliphatic rings. The normalized spacial score (nSPS) is 13.8. The van der Waals surface area contributed by atoms with Gasteiger partial charge in [0.1, 0.15) is 5.01 Å². The number of halogens is 3. The fourth-order valence-corrected chi connectivity index (χ4v) is 4.65. The highest BCUT2D eigenvalue weighted by atomic mass is 32.1. The molecule has 0 unspecified atom stereocenters. The summed E-state index contributed by atoms with van der Waals surface area (Å²) in [7, 11) is 0. The van der Waals surface area contributed by atoms with Crippen LogP contribution in [0.25, 0.3) is 32.3 Å². The smallest absolute Gasteiger partial charge is 0.294 e. The van der Waals surface area contributed by atoms with Gasteiger partial charge in [-0.3, -0.25) is 9.78 Å². The maximum absolute atomic E-state index is 13.6. The van der Waals surface area contributed by atoms with Gasteiger partial charge in [-0.15, -0.1) is 11.3 Å². The fourth-order valence-electron chi connectivity index (χ4n) is 3.78. The van der Waals surface area contributed by atoms with Crippen molar-refractivity contribution in [2.45, 2.75) is 25.4 Å². The molecule has 0 spiro atoms. The van der Waals surface area contributed by atoms with E-state index in [0.717, 1.165) is 30.7 Å². The maximum atomic E-state index is 13.6. The van der Waals surface area contributed by atoms with Gasteiger partial charge in [-0.1, -0.05) is 6.07 Å². The van der Waals surface area contributed by atoms with Crippen molar-refractivity contribution in [3.8, 4) is 32.3 Å². The number of hydrogen-bond acceptors (Lipinski definition) is 5. The fraction of sp³-hybridized carbons (Fsp3) is 0.167. The van der Waals surface area contributed by atoms with E-state index in [1.807, 2.05) is 0 Å². The Kier molecular flexibility index (Phi) is 5.09. The standard InChI is InChI=1S/C24H16F3N3OS/c25-24(26,27)17-10-15(14-3-2-8-28-12-14)9-16(11-17)22-13-29-23(32-22)20-7-6-18-19(30-20)4-1-5-21(18)31/h2-3,6-13H,1,4-5H2. The van der Waals surface area contributed by atoms with Crippen LogP contribution in [-0.2, 0) is 12.6 Å². The number of pyridine rings is 2. The number of fused-ring (bicyclic) bond motifs is 1. The minimum atomic E-state index is -4.48. The monoisotopic (exact) mass is 451 g/mol. The quantitative estimate of drug-likeness (QED) is 0.358. The van der Waals surface area contributed by atoms with Gasteiger partial charge < -0.3 is 0 Å². The van der Waals surface area contributed by atoms with Crippen LogP contribution < -0.4 is 0 Å². The summed E-state index contributed by atoms with van der Waals surface area (Å²) >= 11 is 1.27. The third-order valence-electron chi connectivity index (χ3n) is 5.36. The lowest BCUT2D eigenvalue weighted by molar-refractivity contribution is -0.137. The van der Waals surface area contributed by atoms with Gasteiger partial charge in [0, 0.05) is 36.1 Å². The zero-order valence-corrected chi connectivity index (χ0v) is 17.5. The summed E-state index contributed by atoms with van der Waals surface area (Å²) < 4.78 is 40.7. The van der Waals surface area contributed by atoms with E-state index in [1.54, 1.807) is 42.7 Å². The zero-order valence-electron chi connectivity index (χ0n) is 16.7. The number of ketones is 1. The summed E-state index contributed by atoms with van der Waals surface area (Å²) in [5.41, 5.74) is 2.76. The van der Waals surface area contributed by atoms with Crippen LogP contribution in [-0.4, -0.2) is 20.7 Å². The van der Waals surface area contributed by atoms with Crippen molar-refractivity contribution >= 4 is 17.1 Å². The number of carbonyl (C=O) groups excluding carboxylic acids is 1. The predicted molar refractivity (Wildman–Crippen MR) is 116 cm³/mol. The molecular formula is C24H16F3N3OS. The molecule has 3 aromatic heterocycles. The molecule has 1 aromatic carbocycles. The minimum absolute atomic E-state index is 0.0945. The number of Topliss-reactive ketones (excluding diaryl/α,β-unsaturated/α-hetero) is 1. The molecule has 8 heteroatoms. The molecule has 0 aliphatic heterocycles. The lowest BCUT2D eigenvalue weighted by Gasteiger charge is -2.13. The Balaban J connectivity index is 1.56. The number of hydrogen-bond donors (Lipinski definition) is 0. The summed E-state index contributed by atoms with van der Waals surface area (Å²) in [6.45, 7) is 0. The van der Waals surface area contributed by atoms with Crippen LogP contribution in [0.5, 0.6) is 0 Å². The predicted octanol–water partition coefficient (Wildman–Crippen LogP) is 6.47. The van der Waals surface area contributed by atoms with Crippen LogP contribution in [0.1, 0.15) is 34.5 Å². The Labute approximate surface area is 185 Å². The molecular weight excluding hydrogens is 435 g/mol. The highest BCUT2D eigenvalue weighted by molar-refractivity contribution is 7.18. The first-order valence-electron chi connectivity index (χ1n) is 10.0. The van der Waals surface area contributed by atoms with Gasteiger partial charge >= 0.3 is 6.18 Å². The molecule has 5 rings (SSSR count). The molecule has 0 N–H and O–H groups in total. The Bertz CT molecular complexity index is 1320. The van der Waals surface area contributed by atoms with Crippen molar-refractivity contribution in [3.63, 3.8) is 0 Å². The molecule has 0 atom stereocenters. The zero-order chi connectivity index (χ0) is 22.3. The molecule has 0 bridgehead atoms. The van der Waals surface area contributed by atoms with E-state index >= 15 is 0 Å². The van der Waals surface area contributed by atoms with Crippen LogP contribution in [0.2, 0.25) is 0 Å².